The molecule has 0 atom stereocenters. The Hall–Kier alpha value is -2.32. The van der Waals surface area contributed by atoms with E-state index in [9.17, 15) is 0 Å². The van der Waals surface area contributed by atoms with Crippen molar-refractivity contribution in [3.8, 4) is 5.40 Å². The number of aromatic amines is 1. The Morgan fingerprint density at radius 2 is 1.71 bits per heavy atom. The molecule has 0 fully saturated rings. The topological polar surface area (TPSA) is 64.3 Å². The lowest BCUT2D eigenvalue weighted by molar-refractivity contribution is 1.28. The molecule has 0 aliphatic rings. The monoisotopic (exact) mass is 296 g/mol. The molecule has 2 aromatic rings. The SMILES string of the molecule is Cc1cc(C)c(N=Cc2ccc(C=NSC#N)[nH]2)c(C)c1. The molecule has 0 saturated carbocycles. The Labute approximate surface area is 128 Å². The molecular formula is C16H16N4S. The highest BCUT2D eigenvalue weighted by atomic mass is 32.2. The van der Waals surface area contributed by atoms with E-state index >= 15 is 0 Å². The summed E-state index contributed by atoms with van der Waals surface area (Å²) in [4.78, 5) is 7.74. The van der Waals surface area contributed by atoms with Crippen molar-refractivity contribution >= 4 is 30.1 Å². The first-order chi connectivity index (χ1) is 10.1. The van der Waals surface area contributed by atoms with Gasteiger partial charge in [0.1, 0.15) is 0 Å². The second-order valence-corrected chi connectivity index (χ2v) is 5.37. The molecule has 21 heavy (non-hydrogen) atoms. The third-order valence-electron chi connectivity index (χ3n) is 2.98. The predicted molar refractivity (Wildman–Crippen MR) is 89.5 cm³/mol. The van der Waals surface area contributed by atoms with Gasteiger partial charge >= 0.3 is 0 Å². The quantitative estimate of drug-likeness (QED) is 0.521. The van der Waals surface area contributed by atoms with Crippen LogP contribution in [0.25, 0.3) is 0 Å². The lowest BCUT2D eigenvalue weighted by Crippen LogP contribution is -1.87. The van der Waals surface area contributed by atoms with E-state index in [0.717, 1.165) is 29.0 Å². The number of aliphatic imine (C=N–C) groups is 1. The number of thiocyanates is 1. The van der Waals surface area contributed by atoms with Crippen molar-refractivity contribution in [3.63, 3.8) is 0 Å². The minimum Gasteiger partial charge on any atom is -0.353 e. The van der Waals surface area contributed by atoms with E-state index in [2.05, 4.69) is 47.3 Å². The molecule has 0 saturated heterocycles. The van der Waals surface area contributed by atoms with Gasteiger partial charge in [-0.05, 0) is 44.0 Å². The Kier molecular flexibility index (Phi) is 4.96. The fraction of sp³-hybridized carbons (Fsp3) is 0.188. The molecular weight excluding hydrogens is 280 g/mol. The molecule has 0 bridgehead atoms. The Balaban J connectivity index is 2.17. The van der Waals surface area contributed by atoms with Crippen molar-refractivity contribution in [2.45, 2.75) is 20.8 Å². The minimum absolute atomic E-state index is 0.844. The summed E-state index contributed by atoms with van der Waals surface area (Å²) in [6.45, 7) is 6.22. The Morgan fingerprint density at radius 3 is 2.33 bits per heavy atom. The molecule has 106 valence electrons. The number of rotatable bonds is 4. The van der Waals surface area contributed by atoms with Crippen LogP contribution in [0.1, 0.15) is 28.1 Å². The molecule has 1 N–H and O–H groups in total. The van der Waals surface area contributed by atoms with Crippen molar-refractivity contribution in [1.29, 1.82) is 5.26 Å². The first kappa shape index (κ1) is 15.1. The number of benzene rings is 1. The first-order valence-electron chi connectivity index (χ1n) is 6.49. The summed E-state index contributed by atoms with van der Waals surface area (Å²) in [6, 6.07) is 8.09. The predicted octanol–water partition coefficient (Wildman–Crippen LogP) is 4.24. The lowest BCUT2D eigenvalue weighted by atomic mass is 10.1. The summed E-state index contributed by atoms with van der Waals surface area (Å²) in [5.41, 5.74) is 6.34. The van der Waals surface area contributed by atoms with E-state index in [1.807, 2.05) is 17.5 Å². The van der Waals surface area contributed by atoms with Crippen LogP contribution in [0.4, 0.5) is 5.69 Å². The maximum atomic E-state index is 8.40. The molecule has 1 aromatic heterocycles. The van der Waals surface area contributed by atoms with Crippen LogP contribution in [0.15, 0.2) is 33.7 Å². The number of hydrogen-bond donors (Lipinski definition) is 1. The van der Waals surface area contributed by atoms with E-state index in [1.54, 1.807) is 12.4 Å². The molecule has 0 aliphatic heterocycles. The molecule has 5 heteroatoms. The van der Waals surface area contributed by atoms with E-state index in [1.165, 1.54) is 16.7 Å². The zero-order valence-electron chi connectivity index (χ0n) is 12.2. The second kappa shape index (κ2) is 6.91. The third kappa shape index (κ3) is 4.07. The van der Waals surface area contributed by atoms with Crippen LogP contribution in [-0.2, 0) is 0 Å². The molecule has 1 aromatic carbocycles. The van der Waals surface area contributed by atoms with Crippen molar-refractivity contribution in [1.82, 2.24) is 4.98 Å². The summed E-state index contributed by atoms with van der Waals surface area (Å²) in [7, 11) is 0. The molecule has 0 spiro atoms. The highest BCUT2D eigenvalue weighted by Gasteiger charge is 2.02. The van der Waals surface area contributed by atoms with Crippen LogP contribution in [-0.4, -0.2) is 17.4 Å². The number of hydrogen-bond acceptors (Lipinski definition) is 4. The van der Waals surface area contributed by atoms with Gasteiger partial charge < -0.3 is 4.98 Å². The highest BCUT2D eigenvalue weighted by Crippen LogP contribution is 2.24. The molecule has 4 nitrogen and oxygen atoms in total. The number of aryl methyl sites for hydroxylation is 3. The molecule has 0 amide bonds. The number of nitriles is 1. The van der Waals surface area contributed by atoms with Gasteiger partial charge in [0.05, 0.1) is 41.5 Å². The standard InChI is InChI=1S/C16H16N4S/c1-11-6-12(2)16(13(3)7-11)18-8-14-4-5-15(20-14)9-19-21-10-17/h4-9,20H,1-3H3. The van der Waals surface area contributed by atoms with E-state index in [4.69, 9.17) is 5.26 Å². The van der Waals surface area contributed by atoms with Crippen LogP contribution in [0.5, 0.6) is 0 Å². The number of H-pyrrole nitrogens is 1. The molecule has 1 heterocycles. The summed E-state index contributed by atoms with van der Waals surface area (Å²) in [5.74, 6) is 0. The van der Waals surface area contributed by atoms with Gasteiger partial charge in [-0.3, -0.25) is 4.99 Å². The Bertz CT molecular complexity index is 712. The smallest absolute Gasteiger partial charge is 0.157 e. The van der Waals surface area contributed by atoms with Gasteiger partial charge in [0, 0.05) is 0 Å². The fourth-order valence-electron chi connectivity index (χ4n) is 2.20. The molecule has 2 rings (SSSR count). The van der Waals surface area contributed by atoms with Crippen molar-refractivity contribution in [2.24, 2.45) is 9.39 Å². The van der Waals surface area contributed by atoms with Crippen LogP contribution in [0, 0.1) is 31.4 Å². The molecule has 0 radical (unpaired) electrons. The van der Waals surface area contributed by atoms with E-state index in [0.29, 0.717) is 0 Å². The Morgan fingerprint density at radius 1 is 1.10 bits per heavy atom. The van der Waals surface area contributed by atoms with Crippen LogP contribution >= 0.6 is 11.9 Å². The third-order valence-corrected chi connectivity index (χ3v) is 3.28. The average molecular weight is 296 g/mol. The number of nitrogens with one attached hydrogen (secondary N) is 1. The highest BCUT2D eigenvalue weighted by molar-refractivity contribution is 8.02. The summed E-state index contributed by atoms with van der Waals surface area (Å²) in [5, 5.41) is 10.3. The van der Waals surface area contributed by atoms with Gasteiger partial charge in [-0.15, -0.1) is 0 Å². The maximum Gasteiger partial charge on any atom is 0.157 e. The second-order valence-electron chi connectivity index (χ2n) is 4.79. The van der Waals surface area contributed by atoms with Crippen LogP contribution < -0.4 is 0 Å². The number of aromatic nitrogens is 1. The average Bonchev–Trinajstić information content (AvgIpc) is 2.86. The van der Waals surface area contributed by atoms with Gasteiger partial charge in [0.2, 0.25) is 0 Å². The van der Waals surface area contributed by atoms with E-state index < -0.39 is 0 Å². The van der Waals surface area contributed by atoms with Gasteiger partial charge in [-0.2, -0.15) is 5.26 Å². The van der Waals surface area contributed by atoms with Crippen molar-refractivity contribution < 1.29 is 0 Å². The molecule has 0 aliphatic carbocycles. The van der Waals surface area contributed by atoms with Gasteiger partial charge in [0.15, 0.2) is 5.40 Å². The van der Waals surface area contributed by atoms with Crippen LogP contribution in [0.2, 0.25) is 0 Å². The van der Waals surface area contributed by atoms with Gasteiger partial charge in [-0.25, -0.2) is 4.40 Å². The lowest BCUT2D eigenvalue weighted by Gasteiger charge is -2.05. The zero-order valence-corrected chi connectivity index (χ0v) is 13.0. The molecule has 0 unspecified atom stereocenters. The summed E-state index contributed by atoms with van der Waals surface area (Å²) < 4.78 is 3.88. The van der Waals surface area contributed by atoms with E-state index in [-0.39, 0.29) is 0 Å². The van der Waals surface area contributed by atoms with Gasteiger partial charge in [0.25, 0.3) is 0 Å². The maximum absolute atomic E-state index is 8.40. The summed E-state index contributed by atoms with van der Waals surface area (Å²) in [6.07, 6.45) is 3.42. The van der Waals surface area contributed by atoms with Gasteiger partial charge in [-0.1, -0.05) is 17.7 Å². The zero-order chi connectivity index (χ0) is 15.2. The minimum atomic E-state index is 0.844. The van der Waals surface area contributed by atoms with Crippen molar-refractivity contribution in [3.05, 3.63) is 52.3 Å². The van der Waals surface area contributed by atoms with Crippen LogP contribution in [0.3, 0.4) is 0 Å². The van der Waals surface area contributed by atoms with Crippen molar-refractivity contribution in [2.75, 3.05) is 0 Å². The largest absolute Gasteiger partial charge is 0.353 e. The normalized spacial score (nSPS) is 11.3. The summed E-state index contributed by atoms with van der Waals surface area (Å²) >= 11 is 0.849. The number of nitrogens with zero attached hydrogens (tertiary/aromatic N) is 3. The fourth-order valence-corrected chi connectivity index (χ4v) is 2.41. The first-order valence-corrected chi connectivity index (χ1v) is 7.27.